The number of ether oxygens (including phenoxy) is 2. The molecule has 2 atom stereocenters. The van der Waals surface area contributed by atoms with E-state index in [1.54, 1.807) is 0 Å². The molecule has 2 aliphatic rings. The Kier molecular flexibility index (Phi) is 4.09. The summed E-state index contributed by atoms with van der Waals surface area (Å²) >= 11 is 0. The molecule has 0 spiro atoms. The minimum atomic E-state index is -0.0835. The third kappa shape index (κ3) is 3.07. The van der Waals surface area contributed by atoms with Gasteiger partial charge in [0.15, 0.2) is 5.88 Å². The predicted octanol–water partition coefficient (Wildman–Crippen LogP) is 3.61. The molecule has 0 aromatic heterocycles. The molecule has 0 unspecified atom stereocenters. The standard InChI is InChI=1S/C20H17N3O2/c1-21-18(19-22-16(12-24-19)14-8-4-2-5-9-14)20-23-17(13-25-20)15-10-6-3-7-11-15/h2-11,16-17,22H,12-13H2/b19-18-/t16-,17-/m0/s1. The van der Waals surface area contributed by atoms with Crippen molar-refractivity contribution in [2.75, 3.05) is 13.2 Å². The van der Waals surface area contributed by atoms with Crippen molar-refractivity contribution < 1.29 is 9.47 Å². The van der Waals surface area contributed by atoms with E-state index in [1.807, 2.05) is 60.7 Å². The molecule has 1 saturated heterocycles. The predicted molar refractivity (Wildman–Crippen MR) is 94.5 cm³/mol. The van der Waals surface area contributed by atoms with Crippen molar-refractivity contribution >= 4 is 5.90 Å². The Morgan fingerprint density at radius 2 is 1.64 bits per heavy atom. The van der Waals surface area contributed by atoms with E-state index in [-0.39, 0.29) is 12.1 Å². The van der Waals surface area contributed by atoms with Crippen LogP contribution in [-0.2, 0) is 9.47 Å². The smallest absolute Gasteiger partial charge is 0.303 e. The molecule has 124 valence electrons. The summed E-state index contributed by atoms with van der Waals surface area (Å²) in [7, 11) is 0. The van der Waals surface area contributed by atoms with Crippen LogP contribution in [0.15, 0.2) is 77.2 Å². The van der Waals surface area contributed by atoms with Gasteiger partial charge in [-0.3, -0.25) is 4.99 Å². The Hall–Kier alpha value is -3.26. The number of benzene rings is 2. The van der Waals surface area contributed by atoms with Crippen molar-refractivity contribution in [1.82, 2.24) is 5.32 Å². The molecule has 1 fully saturated rings. The van der Waals surface area contributed by atoms with Gasteiger partial charge in [-0.1, -0.05) is 60.7 Å². The summed E-state index contributed by atoms with van der Waals surface area (Å²) in [6, 6.07) is 19.9. The van der Waals surface area contributed by atoms with Gasteiger partial charge in [-0.25, -0.2) is 4.85 Å². The van der Waals surface area contributed by atoms with Crippen LogP contribution < -0.4 is 5.32 Å². The second-order valence-electron chi connectivity index (χ2n) is 5.88. The van der Waals surface area contributed by atoms with Crippen molar-refractivity contribution in [3.8, 4) is 0 Å². The van der Waals surface area contributed by atoms with Crippen LogP contribution in [0, 0.1) is 6.57 Å². The average Bonchev–Trinajstić information content (AvgIpc) is 3.35. The number of aliphatic imine (C=N–C) groups is 1. The summed E-state index contributed by atoms with van der Waals surface area (Å²) < 4.78 is 11.4. The lowest BCUT2D eigenvalue weighted by Crippen LogP contribution is -2.16. The lowest BCUT2D eigenvalue weighted by atomic mass is 10.1. The van der Waals surface area contributed by atoms with Gasteiger partial charge in [0.1, 0.15) is 19.3 Å². The van der Waals surface area contributed by atoms with Crippen LogP contribution in [0.25, 0.3) is 4.85 Å². The highest BCUT2D eigenvalue weighted by Gasteiger charge is 2.30. The molecule has 0 amide bonds. The molecular weight excluding hydrogens is 314 g/mol. The number of hydrogen-bond acceptors (Lipinski definition) is 4. The average molecular weight is 331 g/mol. The number of nitrogens with zero attached hydrogens (tertiary/aromatic N) is 2. The highest BCUT2D eigenvalue weighted by molar-refractivity contribution is 5.96. The zero-order chi connectivity index (χ0) is 17.1. The van der Waals surface area contributed by atoms with Crippen LogP contribution in [0.2, 0.25) is 0 Å². The molecule has 4 rings (SSSR count). The third-order valence-electron chi connectivity index (χ3n) is 4.27. The van der Waals surface area contributed by atoms with Crippen LogP contribution in [0.5, 0.6) is 0 Å². The second-order valence-corrected chi connectivity index (χ2v) is 5.88. The first kappa shape index (κ1) is 15.3. The Balaban J connectivity index is 1.57. The normalized spacial score (nSPS) is 23.7. The zero-order valence-corrected chi connectivity index (χ0v) is 13.6. The summed E-state index contributed by atoms with van der Waals surface area (Å²) in [4.78, 5) is 8.17. The third-order valence-corrected chi connectivity index (χ3v) is 4.27. The van der Waals surface area contributed by atoms with Gasteiger partial charge in [0, 0.05) is 0 Å². The van der Waals surface area contributed by atoms with Gasteiger partial charge in [-0.15, -0.1) is 0 Å². The van der Waals surface area contributed by atoms with Crippen molar-refractivity contribution in [1.29, 1.82) is 0 Å². The monoisotopic (exact) mass is 331 g/mol. The Morgan fingerprint density at radius 3 is 2.32 bits per heavy atom. The first-order chi connectivity index (χ1) is 12.3. The van der Waals surface area contributed by atoms with Crippen molar-refractivity contribution in [3.63, 3.8) is 0 Å². The van der Waals surface area contributed by atoms with E-state index in [0.29, 0.717) is 30.7 Å². The molecule has 0 radical (unpaired) electrons. The molecule has 1 N–H and O–H groups in total. The molecule has 25 heavy (non-hydrogen) atoms. The number of hydrogen-bond donors (Lipinski definition) is 1. The molecular formula is C20H17N3O2. The largest absolute Gasteiger partial charge is 0.485 e. The lowest BCUT2D eigenvalue weighted by molar-refractivity contribution is 0.251. The van der Waals surface area contributed by atoms with Crippen LogP contribution in [-0.4, -0.2) is 19.1 Å². The quantitative estimate of drug-likeness (QED) is 0.874. The van der Waals surface area contributed by atoms with Gasteiger partial charge in [0.25, 0.3) is 0 Å². The van der Waals surface area contributed by atoms with Crippen LogP contribution >= 0.6 is 0 Å². The fourth-order valence-corrected chi connectivity index (χ4v) is 2.95. The SMILES string of the molecule is [C-]#[N+]/C(C1=N[C@H](c2ccccc2)CO1)=C1/N[C@H](c2ccccc2)CO1. The fourth-order valence-electron chi connectivity index (χ4n) is 2.95. The van der Waals surface area contributed by atoms with Crippen LogP contribution in [0.3, 0.4) is 0 Å². The molecule has 5 nitrogen and oxygen atoms in total. The Bertz CT molecular complexity index is 854. The van der Waals surface area contributed by atoms with Crippen molar-refractivity contribution in [2.45, 2.75) is 12.1 Å². The van der Waals surface area contributed by atoms with E-state index in [9.17, 15) is 0 Å². The molecule has 2 aliphatic heterocycles. The highest BCUT2D eigenvalue weighted by atomic mass is 16.5. The van der Waals surface area contributed by atoms with E-state index >= 15 is 0 Å². The molecule has 0 saturated carbocycles. The summed E-state index contributed by atoms with van der Waals surface area (Å²) in [6.45, 7) is 8.44. The highest BCUT2D eigenvalue weighted by Crippen LogP contribution is 2.29. The maximum Gasteiger partial charge on any atom is 0.303 e. The van der Waals surface area contributed by atoms with Crippen LogP contribution in [0.1, 0.15) is 23.2 Å². The molecule has 2 aromatic carbocycles. The molecule has 0 aliphatic carbocycles. The molecule has 2 heterocycles. The van der Waals surface area contributed by atoms with Crippen molar-refractivity contribution in [3.05, 3.63) is 94.8 Å². The second kappa shape index (κ2) is 6.70. The first-order valence-electron chi connectivity index (χ1n) is 8.17. The van der Waals surface area contributed by atoms with Gasteiger partial charge >= 0.3 is 5.70 Å². The maximum atomic E-state index is 7.52. The molecule has 2 aromatic rings. The van der Waals surface area contributed by atoms with Gasteiger partial charge in [0.05, 0.1) is 12.6 Å². The lowest BCUT2D eigenvalue weighted by Gasteiger charge is -2.08. The van der Waals surface area contributed by atoms with Gasteiger partial charge in [-0.05, 0) is 11.1 Å². The number of nitrogens with one attached hydrogen (secondary N) is 1. The van der Waals surface area contributed by atoms with Crippen molar-refractivity contribution in [2.24, 2.45) is 4.99 Å². The van der Waals surface area contributed by atoms with E-state index < -0.39 is 0 Å². The maximum absolute atomic E-state index is 7.52. The summed E-state index contributed by atoms with van der Waals surface area (Å²) in [5.74, 6) is 0.788. The van der Waals surface area contributed by atoms with E-state index in [4.69, 9.17) is 16.0 Å². The van der Waals surface area contributed by atoms with E-state index in [1.165, 1.54) is 0 Å². The topological polar surface area (TPSA) is 47.2 Å². The Morgan fingerprint density at radius 1 is 0.960 bits per heavy atom. The Labute approximate surface area is 146 Å². The molecule has 0 bridgehead atoms. The minimum Gasteiger partial charge on any atom is -0.485 e. The summed E-state index contributed by atoms with van der Waals surface area (Å²) in [5.41, 5.74) is 2.50. The van der Waals surface area contributed by atoms with Crippen LogP contribution in [0.4, 0.5) is 0 Å². The van der Waals surface area contributed by atoms with Gasteiger partial charge in [-0.2, -0.15) is 0 Å². The van der Waals surface area contributed by atoms with Gasteiger partial charge < -0.3 is 14.8 Å². The van der Waals surface area contributed by atoms with E-state index in [2.05, 4.69) is 15.2 Å². The number of rotatable bonds is 3. The summed E-state index contributed by atoms with van der Waals surface area (Å²) in [5, 5.41) is 3.27. The zero-order valence-electron chi connectivity index (χ0n) is 13.6. The fraction of sp³-hybridized carbons (Fsp3) is 0.200. The first-order valence-corrected chi connectivity index (χ1v) is 8.17. The van der Waals surface area contributed by atoms with Gasteiger partial charge in [0.2, 0.25) is 5.90 Å². The molecule has 5 heteroatoms. The minimum absolute atomic E-state index is 0.0277. The summed E-state index contributed by atoms with van der Waals surface area (Å²) in [6.07, 6.45) is 0. The van der Waals surface area contributed by atoms with E-state index in [0.717, 1.165) is 11.1 Å².